The Morgan fingerprint density at radius 1 is 1.21 bits per heavy atom. The molecule has 2 unspecified atom stereocenters. The highest BCUT2D eigenvalue weighted by molar-refractivity contribution is 5.89. The molecule has 2 saturated carbocycles. The Bertz CT molecular complexity index is 379. The largest absolute Gasteiger partial charge is 0.481 e. The molecule has 4 nitrogen and oxygen atoms in total. The van der Waals surface area contributed by atoms with Crippen LogP contribution >= 0.6 is 0 Å². The van der Waals surface area contributed by atoms with Crippen molar-refractivity contribution in [2.45, 2.75) is 31.9 Å². The zero-order chi connectivity index (χ0) is 14.2. The number of carbonyl (C=O) groups excluding carboxylic acids is 1. The van der Waals surface area contributed by atoms with Gasteiger partial charge in [0, 0.05) is 6.54 Å². The van der Waals surface area contributed by atoms with Gasteiger partial charge >= 0.3 is 12.1 Å². The van der Waals surface area contributed by atoms with Crippen LogP contribution in [-0.2, 0) is 9.59 Å². The lowest BCUT2D eigenvalue weighted by Crippen LogP contribution is -2.44. The second-order valence-corrected chi connectivity index (χ2v) is 5.42. The fraction of sp³-hybridized carbons (Fsp3) is 0.833. The van der Waals surface area contributed by atoms with E-state index in [0.717, 1.165) is 24.2 Å². The van der Waals surface area contributed by atoms with Gasteiger partial charge in [-0.05, 0) is 25.2 Å². The monoisotopic (exact) mass is 279 g/mol. The zero-order valence-corrected chi connectivity index (χ0v) is 10.3. The standard InChI is InChI=1S/C12H16F3NO3/c13-12(14,15)6-16(5-7-2-1-3-7)10(17)8-4-9(8)11(18)19/h7-9H,1-6H2,(H,18,19). The molecule has 0 radical (unpaired) electrons. The van der Waals surface area contributed by atoms with E-state index in [1.807, 2.05) is 0 Å². The van der Waals surface area contributed by atoms with Gasteiger partial charge in [0.1, 0.15) is 6.54 Å². The fourth-order valence-electron chi connectivity index (χ4n) is 2.41. The predicted octanol–water partition coefficient (Wildman–Crippen LogP) is 1.90. The third-order valence-corrected chi connectivity index (χ3v) is 3.81. The highest BCUT2D eigenvalue weighted by atomic mass is 19.4. The van der Waals surface area contributed by atoms with Gasteiger partial charge in [0.15, 0.2) is 0 Å². The molecule has 1 amide bonds. The second-order valence-electron chi connectivity index (χ2n) is 5.42. The summed E-state index contributed by atoms with van der Waals surface area (Å²) < 4.78 is 37.4. The molecular weight excluding hydrogens is 263 g/mol. The third-order valence-electron chi connectivity index (χ3n) is 3.81. The lowest BCUT2D eigenvalue weighted by molar-refractivity contribution is -0.164. The van der Waals surface area contributed by atoms with E-state index in [1.165, 1.54) is 0 Å². The Hall–Kier alpha value is -1.27. The van der Waals surface area contributed by atoms with Crippen LogP contribution in [0, 0.1) is 17.8 Å². The number of nitrogens with zero attached hydrogens (tertiary/aromatic N) is 1. The summed E-state index contributed by atoms with van der Waals surface area (Å²) in [7, 11) is 0. The molecule has 2 atom stereocenters. The van der Waals surface area contributed by atoms with Crippen molar-refractivity contribution < 1.29 is 27.9 Å². The molecule has 0 heterocycles. The Kier molecular flexibility index (Phi) is 3.73. The molecule has 0 saturated heterocycles. The molecule has 2 aliphatic rings. The molecular formula is C12H16F3NO3. The van der Waals surface area contributed by atoms with Gasteiger partial charge in [-0.2, -0.15) is 13.2 Å². The first-order chi connectivity index (χ1) is 8.78. The van der Waals surface area contributed by atoms with Gasteiger partial charge in [0.2, 0.25) is 5.91 Å². The number of hydrogen-bond acceptors (Lipinski definition) is 2. The van der Waals surface area contributed by atoms with Crippen LogP contribution in [0.2, 0.25) is 0 Å². The molecule has 0 spiro atoms. The van der Waals surface area contributed by atoms with Crippen molar-refractivity contribution in [1.82, 2.24) is 4.90 Å². The van der Waals surface area contributed by atoms with Crippen molar-refractivity contribution >= 4 is 11.9 Å². The summed E-state index contributed by atoms with van der Waals surface area (Å²) in [4.78, 5) is 23.4. The Balaban J connectivity index is 1.95. The van der Waals surface area contributed by atoms with Gasteiger partial charge in [-0.1, -0.05) is 6.42 Å². The molecule has 2 fully saturated rings. The van der Waals surface area contributed by atoms with E-state index in [-0.39, 0.29) is 18.9 Å². The average Bonchev–Trinajstić information content (AvgIpc) is 2.98. The Morgan fingerprint density at radius 3 is 2.21 bits per heavy atom. The fourth-order valence-corrected chi connectivity index (χ4v) is 2.41. The first-order valence-electron chi connectivity index (χ1n) is 6.36. The van der Waals surface area contributed by atoms with Crippen molar-refractivity contribution in [1.29, 1.82) is 0 Å². The SMILES string of the molecule is O=C(O)C1CC1C(=O)N(CC1CCC1)CC(F)(F)F. The van der Waals surface area contributed by atoms with Crippen LogP contribution in [-0.4, -0.2) is 41.1 Å². The molecule has 1 N–H and O–H groups in total. The number of amides is 1. The smallest absolute Gasteiger partial charge is 0.406 e. The van der Waals surface area contributed by atoms with Crippen LogP contribution < -0.4 is 0 Å². The number of alkyl halides is 3. The lowest BCUT2D eigenvalue weighted by Gasteiger charge is -2.33. The number of halogens is 3. The molecule has 0 aromatic rings. The predicted molar refractivity (Wildman–Crippen MR) is 59.2 cm³/mol. The molecule has 0 aromatic heterocycles. The minimum atomic E-state index is -4.44. The number of aliphatic carboxylic acids is 1. The van der Waals surface area contributed by atoms with E-state index in [9.17, 15) is 22.8 Å². The van der Waals surface area contributed by atoms with Crippen molar-refractivity contribution in [3.63, 3.8) is 0 Å². The normalized spacial score (nSPS) is 26.7. The van der Waals surface area contributed by atoms with Crippen LogP contribution in [0.25, 0.3) is 0 Å². The summed E-state index contributed by atoms with van der Waals surface area (Å²) in [6.45, 7) is -1.17. The van der Waals surface area contributed by atoms with E-state index >= 15 is 0 Å². The highest BCUT2D eigenvalue weighted by Gasteiger charge is 2.51. The summed E-state index contributed by atoms with van der Waals surface area (Å²) in [5.41, 5.74) is 0. The van der Waals surface area contributed by atoms with Crippen LogP contribution in [0.4, 0.5) is 13.2 Å². The zero-order valence-electron chi connectivity index (χ0n) is 10.3. The molecule has 2 aliphatic carbocycles. The lowest BCUT2D eigenvalue weighted by atomic mass is 9.85. The maximum atomic E-state index is 12.5. The van der Waals surface area contributed by atoms with Crippen molar-refractivity contribution in [2.24, 2.45) is 17.8 Å². The number of hydrogen-bond donors (Lipinski definition) is 1. The number of rotatable bonds is 5. The van der Waals surface area contributed by atoms with Crippen LogP contribution in [0.15, 0.2) is 0 Å². The van der Waals surface area contributed by atoms with Crippen LogP contribution in [0.1, 0.15) is 25.7 Å². The molecule has 0 aliphatic heterocycles. The van der Waals surface area contributed by atoms with Gasteiger partial charge in [0.25, 0.3) is 0 Å². The topological polar surface area (TPSA) is 57.6 Å². The van der Waals surface area contributed by atoms with Gasteiger partial charge in [-0.25, -0.2) is 0 Å². The molecule has 108 valence electrons. The van der Waals surface area contributed by atoms with Crippen molar-refractivity contribution in [2.75, 3.05) is 13.1 Å². The Morgan fingerprint density at radius 2 is 1.84 bits per heavy atom. The molecule has 19 heavy (non-hydrogen) atoms. The maximum absolute atomic E-state index is 12.5. The van der Waals surface area contributed by atoms with E-state index < -0.39 is 36.4 Å². The third kappa shape index (κ3) is 3.61. The number of carboxylic acid groups (broad SMARTS) is 1. The van der Waals surface area contributed by atoms with Gasteiger partial charge in [-0.3, -0.25) is 9.59 Å². The summed E-state index contributed by atoms with van der Waals surface area (Å²) in [5, 5.41) is 8.73. The maximum Gasteiger partial charge on any atom is 0.406 e. The minimum Gasteiger partial charge on any atom is -0.481 e. The summed E-state index contributed by atoms with van der Waals surface area (Å²) >= 11 is 0. The molecule has 7 heteroatoms. The molecule has 0 bridgehead atoms. The minimum absolute atomic E-state index is 0.0984. The highest BCUT2D eigenvalue weighted by Crippen LogP contribution is 2.41. The van der Waals surface area contributed by atoms with E-state index in [4.69, 9.17) is 5.11 Å². The van der Waals surface area contributed by atoms with E-state index in [1.54, 1.807) is 0 Å². The summed E-state index contributed by atoms with van der Waals surface area (Å²) in [6, 6.07) is 0. The first kappa shape index (κ1) is 14.1. The van der Waals surface area contributed by atoms with Crippen LogP contribution in [0.5, 0.6) is 0 Å². The first-order valence-corrected chi connectivity index (χ1v) is 6.36. The second kappa shape index (κ2) is 5.02. The average molecular weight is 279 g/mol. The van der Waals surface area contributed by atoms with Gasteiger partial charge < -0.3 is 10.0 Å². The number of carboxylic acids is 1. The molecule has 0 aromatic carbocycles. The van der Waals surface area contributed by atoms with Gasteiger partial charge in [-0.15, -0.1) is 0 Å². The summed E-state index contributed by atoms with van der Waals surface area (Å²) in [5.74, 6) is -3.19. The van der Waals surface area contributed by atoms with E-state index in [0.29, 0.717) is 0 Å². The van der Waals surface area contributed by atoms with E-state index in [2.05, 4.69) is 0 Å². The van der Waals surface area contributed by atoms with Crippen LogP contribution in [0.3, 0.4) is 0 Å². The van der Waals surface area contributed by atoms with Gasteiger partial charge in [0.05, 0.1) is 11.8 Å². The Labute approximate surface area is 108 Å². The number of carbonyl (C=O) groups is 2. The van der Waals surface area contributed by atoms with Crippen molar-refractivity contribution in [3.8, 4) is 0 Å². The summed E-state index contributed by atoms with van der Waals surface area (Å²) in [6.07, 6.45) is -1.61. The quantitative estimate of drug-likeness (QED) is 0.836. The molecule has 2 rings (SSSR count). The van der Waals surface area contributed by atoms with Crippen molar-refractivity contribution in [3.05, 3.63) is 0 Å².